The van der Waals surface area contributed by atoms with Gasteiger partial charge >= 0.3 is 5.97 Å². The number of carbonyl (C=O) groups excluding carboxylic acids is 1. The summed E-state index contributed by atoms with van der Waals surface area (Å²) in [4.78, 5) is 14.5. The van der Waals surface area contributed by atoms with E-state index in [-0.39, 0.29) is 12.0 Å². The Labute approximate surface area is 123 Å². The van der Waals surface area contributed by atoms with Gasteiger partial charge in [0.25, 0.3) is 0 Å². The van der Waals surface area contributed by atoms with Gasteiger partial charge in [0.1, 0.15) is 5.54 Å². The highest BCUT2D eigenvalue weighted by Gasteiger charge is 2.41. The predicted octanol–water partition coefficient (Wildman–Crippen LogP) is 1.42. The van der Waals surface area contributed by atoms with Gasteiger partial charge in [-0.1, -0.05) is 0 Å². The zero-order valence-electron chi connectivity index (χ0n) is 13.6. The maximum atomic E-state index is 12.3. The minimum Gasteiger partial charge on any atom is -0.465 e. The van der Waals surface area contributed by atoms with E-state index in [9.17, 15) is 4.79 Å². The Balaban J connectivity index is 2.60. The van der Waals surface area contributed by atoms with Crippen LogP contribution < -0.4 is 5.32 Å². The molecule has 0 bridgehead atoms. The molecule has 1 saturated carbocycles. The van der Waals surface area contributed by atoms with Gasteiger partial charge in [0.2, 0.25) is 0 Å². The smallest absolute Gasteiger partial charge is 0.326 e. The van der Waals surface area contributed by atoms with E-state index < -0.39 is 5.54 Å². The molecular weight excluding hydrogens is 256 g/mol. The van der Waals surface area contributed by atoms with Crippen LogP contribution in [0.3, 0.4) is 0 Å². The number of rotatable bonds is 10. The summed E-state index contributed by atoms with van der Waals surface area (Å²) in [6.07, 6.45) is 3.05. The quantitative estimate of drug-likeness (QED) is 0.616. The van der Waals surface area contributed by atoms with Crippen LogP contribution in [0.4, 0.5) is 0 Å². The molecule has 20 heavy (non-hydrogen) atoms. The Bertz CT molecular complexity index is 307. The molecule has 0 saturated heterocycles. The number of likely N-dealkylation sites (N-methyl/N-ethyl adjacent to an activating group) is 1. The highest BCUT2D eigenvalue weighted by atomic mass is 16.5. The van der Waals surface area contributed by atoms with Crippen molar-refractivity contribution in [1.29, 1.82) is 0 Å². The molecule has 0 aliphatic heterocycles. The Morgan fingerprint density at radius 1 is 1.50 bits per heavy atom. The second-order valence-electron chi connectivity index (χ2n) is 6.00. The van der Waals surface area contributed by atoms with Crippen molar-refractivity contribution < 1.29 is 14.3 Å². The third-order valence-electron chi connectivity index (χ3n) is 3.93. The molecule has 0 radical (unpaired) electrons. The summed E-state index contributed by atoms with van der Waals surface area (Å²) < 4.78 is 10.4. The highest BCUT2D eigenvalue weighted by Crippen LogP contribution is 2.26. The van der Waals surface area contributed by atoms with Crippen molar-refractivity contribution in [2.45, 2.75) is 57.7 Å². The zero-order valence-corrected chi connectivity index (χ0v) is 13.6. The second-order valence-corrected chi connectivity index (χ2v) is 6.00. The normalized spacial score (nSPS) is 19.7. The first-order chi connectivity index (χ1) is 9.42. The lowest BCUT2D eigenvalue weighted by molar-refractivity contribution is -0.151. The van der Waals surface area contributed by atoms with Crippen molar-refractivity contribution in [1.82, 2.24) is 10.2 Å². The van der Waals surface area contributed by atoms with Crippen LogP contribution in [0.5, 0.6) is 0 Å². The van der Waals surface area contributed by atoms with Gasteiger partial charge in [-0.3, -0.25) is 10.1 Å². The van der Waals surface area contributed by atoms with Crippen molar-refractivity contribution >= 4 is 5.97 Å². The second kappa shape index (κ2) is 7.96. The molecule has 0 spiro atoms. The van der Waals surface area contributed by atoms with Gasteiger partial charge in [-0.05, 0) is 47.1 Å². The maximum absolute atomic E-state index is 12.3. The molecule has 0 aromatic carbocycles. The van der Waals surface area contributed by atoms with Crippen LogP contribution in [0.1, 0.15) is 40.0 Å². The summed E-state index contributed by atoms with van der Waals surface area (Å²) in [5, 5.41) is 3.46. The lowest BCUT2D eigenvalue weighted by Gasteiger charge is -2.34. The molecule has 1 aliphatic rings. The van der Waals surface area contributed by atoms with Crippen molar-refractivity contribution in [3.8, 4) is 0 Å². The van der Waals surface area contributed by atoms with Crippen LogP contribution >= 0.6 is 0 Å². The first-order valence-corrected chi connectivity index (χ1v) is 7.57. The molecule has 118 valence electrons. The molecule has 5 heteroatoms. The van der Waals surface area contributed by atoms with E-state index in [2.05, 4.69) is 24.2 Å². The molecule has 1 rings (SSSR count). The molecule has 2 unspecified atom stereocenters. The third kappa shape index (κ3) is 5.38. The Morgan fingerprint density at radius 2 is 2.15 bits per heavy atom. The van der Waals surface area contributed by atoms with Gasteiger partial charge in [0.05, 0.1) is 13.2 Å². The van der Waals surface area contributed by atoms with Crippen LogP contribution in [0.15, 0.2) is 0 Å². The summed E-state index contributed by atoms with van der Waals surface area (Å²) in [7, 11) is 3.77. The van der Waals surface area contributed by atoms with Crippen LogP contribution in [0.25, 0.3) is 0 Å². The fourth-order valence-electron chi connectivity index (χ4n) is 2.37. The molecule has 0 aromatic rings. The molecule has 1 aliphatic carbocycles. The SMILES string of the molecule is CCOC(=O)C(C)(CC(C)N(C)CCOC)NC1CC1. The van der Waals surface area contributed by atoms with Crippen LogP contribution in [-0.2, 0) is 14.3 Å². The van der Waals surface area contributed by atoms with Gasteiger partial charge in [-0.25, -0.2) is 0 Å². The maximum Gasteiger partial charge on any atom is 0.326 e. The number of nitrogens with zero attached hydrogens (tertiary/aromatic N) is 1. The zero-order chi connectivity index (χ0) is 15.2. The largest absolute Gasteiger partial charge is 0.465 e. The Kier molecular flexibility index (Phi) is 6.92. The number of hydrogen-bond acceptors (Lipinski definition) is 5. The van der Waals surface area contributed by atoms with Crippen LogP contribution in [-0.4, -0.2) is 62.4 Å². The summed E-state index contributed by atoms with van der Waals surface area (Å²) in [5.74, 6) is -0.140. The number of hydrogen-bond donors (Lipinski definition) is 1. The Hall–Kier alpha value is -0.650. The number of carbonyl (C=O) groups is 1. The summed E-state index contributed by atoms with van der Waals surface area (Å²) in [6, 6.07) is 0.756. The molecule has 1 fully saturated rings. The molecule has 0 amide bonds. The monoisotopic (exact) mass is 286 g/mol. The third-order valence-corrected chi connectivity index (χ3v) is 3.93. The standard InChI is InChI=1S/C15H30N2O3/c1-6-20-14(18)15(3,16-13-7-8-13)11-12(2)17(4)9-10-19-5/h12-13,16H,6-11H2,1-5H3. The fourth-order valence-corrected chi connectivity index (χ4v) is 2.37. The molecule has 1 N–H and O–H groups in total. The fraction of sp³-hybridized carbons (Fsp3) is 0.933. The first kappa shape index (κ1) is 17.4. The number of nitrogens with one attached hydrogen (secondary N) is 1. The van der Waals surface area contributed by atoms with E-state index in [1.165, 1.54) is 0 Å². The van der Waals surface area contributed by atoms with Crippen molar-refractivity contribution in [3.63, 3.8) is 0 Å². The van der Waals surface area contributed by atoms with E-state index in [1.807, 2.05) is 13.8 Å². The van der Waals surface area contributed by atoms with Gasteiger partial charge < -0.3 is 14.4 Å². The van der Waals surface area contributed by atoms with Crippen LogP contribution in [0, 0.1) is 0 Å². The lowest BCUT2D eigenvalue weighted by Crippen LogP contribution is -2.55. The number of esters is 1. The minimum atomic E-state index is -0.599. The van der Waals surface area contributed by atoms with E-state index >= 15 is 0 Å². The average Bonchev–Trinajstić information content (AvgIpc) is 3.19. The number of ether oxygens (including phenoxy) is 2. The van der Waals surface area contributed by atoms with Crippen molar-refractivity contribution in [3.05, 3.63) is 0 Å². The topological polar surface area (TPSA) is 50.8 Å². The first-order valence-electron chi connectivity index (χ1n) is 7.57. The molecule has 0 aromatic heterocycles. The minimum absolute atomic E-state index is 0.140. The van der Waals surface area contributed by atoms with Gasteiger partial charge in [-0.15, -0.1) is 0 Å². The van der Waals surface area contributed by atoms with Crippen molar-refractivity contribution in [2.24, 2.45) is 0 Å². The van der Waals surface area contributed by atoms with Crippen molar-refractivity contribution in [2.75, 3.05) is 33.9 Å². The van der Waals surface area contributed by atoms with E-state index in [0.717, 1.165) is 25.8 Å². The lowest BCUT2D eigenvalue weighted by atomic mass is 9.92. The summed E-state index contributed by atoms with van der Waals surface area (Å²) in [6.45, 7) is 7.94. The van der Waals surface area contributed by atoms with Gasteiger partial charge in [0.15, 0.2) is 0 Å². The van der Waals surface area contributed by atoms with E-state index in [1.54, 1.807) is 7.11 Å². The molecule has 0 heterocycles. The van der Waals surface area contributed by atoms with E-state index in [4.69, 9.17) is 9.47 Å². The van der Waals surface area contributed by atoms with E-state index in [0.29, 0.717) is 19.3 Å². The summed E-state index contributed by atoms with van der Waals surface area (Å²) in [5.41, 5.74) is -0.599. The molecule has 5 nitrogen and oxygen atoms in total. The average molecular weight is 286 g/mol. The summed E-state index contributed by atoms with van der Waals surface area (Å²) >= 11 is 0. The Morgan fingerprint density at radius 3 is 2.65 bits per heavy atom. The van der Waals surface area contributed by atoms with Gasteiger partial charge in [-0.2, -0.15) is 0 Å². The van der Waals surface area contributed by atoms with Crippen LogP contribution in [0.2, 0.25) is 0 Å². The molecular formula is C15H30N2O3. The molecule has 2 atom stereocenters. The van der Waals surface area contributed by atoms with Gasteiger partial charge in [0, 0.05) is 25.7 Å². The highest BCUT2D eigenvalue weighted by molar-refractivity contribution is 5.80. The number of methoxy groups -OCH3 is 1. The predicted molar refractivity (Wildman–Crippen MR) is 79.8 cm³/mol.